The van der Waals surface area contributed by atoms with Crippen molar-refractivity contribution >= 4 is 17.1 Å². The van der Waals surface area contributed by atoms with E-state index in [1.165, 1.54) is 0 Å². The van der Waals surface area contributed by atoms with Gasteiger partial charge in [0.2, 0.25) is 0 Å². The third kappa shape index (κ3) is 1.91. The Morgan fingerprint density at radius 1 is 1.38 bits per heavy atom. The van der Waals surface area contributed by atoms with Gasteiger partial charge in [0.1, 0.15) is 0 Å². The zero-order valence-electron chi connectivity index (χ0n) is 9.69. The highest BCUT2D eigenvalue weighted by Gasteiger charge is 2.18. The second kappa shape index (κ2) is 3.63. The van der Waals surface area contributed by atoms with Gasteiger partial charge in [-0.3, -0.25) is 5.10 Å². The largest absolute Gasteiger partial charge is 0.623 e. The van der Waals surface area contributed by atoms with E-state index in [1.54, 1.807) is 12.4 Å². The highest BCUT2D eigenvalue weighted by molar-refractivity contribution is 5.95. The normalized spacial score (nSPS) is 13.3. The quantitative estimate of drug-likeness (QED) is 0.345. The number of rotatable bonds is 1. The Bertz CT molecular complexity index is 534. The number of aromatic nitrogens is 2. The Morgan fingerprint density at radius 2 is 2.12 bits per heavy atom. The zero-order chi connectivity index (χ0) is 11.8. The predicted molar refractivity (Wildman–Crippen MR) is 64.6 cm³/mol. The summed E-state index contributed by atoms with van der Waals surface area (Å²) in [6, 6.07) is 5.78. The van der Waals surface area contributed by atoms with Crippen LogP contribution in [-0.2, 0) is 0 Å². The predicted octanol–water partition coefficient (Wildman–Crippen LogP) is 2.29. The second-order valence-corrected chi connectivity index (χ2v) is 4.81. The van der Waals surface area contributed by atoms with Crippen LogP contribution in [0.2, 0.25) is 0 Å². The molecule has 1 N–H and O–H groups in total. The molecule has 0 bridgehead atoms. The van der Waals surface area contributed by atoms with Crippen molar-refractivity contribution in [3.63, 3.8) is 0 Å². The lowest BCUT2D eigenvalue weighted by atomic mass is 10.1. The molecule has 4 nitrogen and oxygen atoms in total. The molecule has 4 heteroatoms. The highest BCUT2D eigenvalue weighted by Crippen LogP contribution is 2.14. The van der Waals surface area contributed by atoms with Gasteiger partial charge in [-0.15, -0.1) is 0 Å². The molecule has 0 amide bonds. The van der Waals surface area contributed by atoms with Crippen LogP contribution in [0.15, 0.2) is 24.4 Å². The molecule has 0 saturated carbocycles. The molecule has 1 aromatic heterocycles. The maximum absolute atomic E-state index is 11.8. The summed E-state index contributed by atoms with van der Waals surface area (Å²) in [7, 11) is 0. The van der Waals surface area contributed by atoms with Crippen molar-refractivity contribution in [3.05, 3.63) is 35.2 Å². The lowest BCUT2D eigenvalue weighted by molar-refractivity contribution is -0.530. The molecule has 0 aliphatic carbocycles. The fourth-order valence-electron chi connectivity index (χ4n) is 1.42. The van der Waals surface area contributed by atoms with Crippen molar-refractivity contribution in [1.29, 1.82) is 0 Å². The molecule has 16 heavy (non-hydrogen) atoms. The smallest absolute Gasteiger partial charge is 0.184 e. The van der Waals surface area contributed by atoms with Crippen LogP contribution >= 0.6 is 0 Å². The molecule has 0 atom stereocenters. The lowest BCUT2D eigenvalue weighted by Gasteiger charge is -2.18. The molecule has 2 aromatic rings. The zero-order valence-corrected chi connectivity index (χ0v) is 9.69. The topological polar surface area (TPSA) is 54.8 Å². The van der Waals surface area contributed by atoms with Gasteiger partial charge in [-0.2, -0.15) is 5.10 Å². The number of nitrogens with zero attached hydrogens (tertiary/aromatic N) is 2. The molecular weight excluding hydrogens is 202 g/mol. The Kier molecular flexibility index (Phi) is 2.42. The molecule has 84 valence electrons. The summed E-state index contributed by atoms with van der Waals surface area (Å²) in [4.78, 5) is 0. The van der Waals surface area contributed by atoms with Crippen LogP contribution in [0.5, 0.6) is 0 Å². The molecule has 0 fully saturated rings. The Balaban J connectivity index is 2.52. The van der Waals surface area contributed by atoms with Gasteiger partial charge in [0.05, 0.1) is 17.3 Å². The Morgan fingerprint density at radius 3 is 2.81 bits per heavy atom. The summed E-state index contributed by atoms with van der Waals surface area (Å²) in [5.41, 5.74) is 1.33. The van der Waals surface area contributed by atoms with Crippen LogP contribution in [0, 0.1) is 5.21 Å². The fraction of sp³-hybridized carbons (Fsp3) is 0.333. The first-order chi connectivity index (χ1) is 7.48. The molecule has 0 aliphatic heterocycles. The average Bonchev–Trinajstić information content (AvgIpc) is 2.65. The summed E-state index contributed by atoms with van der Waals surface area (Å²) < 4.78 is 0.961. The van der Waals surface area contributed by atoms with Gasteiger partial charge in [-0.05, 0) is 6.07 Å². The highest BCUT2D eigenvalue weighted by atomic mass is 16.5. The van der Waals surface area contributed by atoms with Gasteiger partial charge < -0.3 is 5.21 Å². The van der Waals surface area contributed by atoms with Crippen molar-refractivity contribution in [3.8, 4) is 0 Å². The minimum Gasteiger partial charge on any atom is -0.623 e. The first-order valence-electron chi connectivity index (χ1n) is 5.22. The monoisotopic (exact) mass is 217 g/mol. The van der Waals surface area contributed by atoms with E-state index in [4.69, 9.17) is 0 Å². The molecule has 2 rings (SSSR count). The number of nitrogens with one attached hydrogen (secondary N) is 1. The third-order valence-corrected chi connectivity index (χ3v) is 2.43. The standard InChI is InChI=1S/C12H15N3O/c1-12(2,3)15(16)8-10-6-4-5-9-7-13-14-11(9)10/h4-8H,1-3H3,(H,13,14)/b15-8-. The van der Waals surface area contributed by atoms with E-state index in [0.29, 0.717) is 0 Å². The third-order valence-electron chi connectivity index (χ3n) is 2.43. The molecule has 1 aromatic carbocycles. The Hall–Kier alpha value is -1.84. The van der Waals surface area contributed by atoms with Crippen LogP contribution in [0.25, 0.3) is 10.9 Å². The Labute approximate surface area is 94.2 Å². The number of H-pyrrole nitrogens is 1. The average molecular weight is 217 g/mol. The van der Waals surface area contributed by atoms with Crippen LogP contribution in [0.1, 0.15) is 26.3 Å². The number of hydroxylamine groups is 1. The number of para-hydroxylation sites is 1. The van der Waals surface area contributed by atoms with Gasteiger partial charge in [-0.1, -0.05) is 12.1 Å². The van der Waals surface area contributed by atoms with Crippen molar-refractivity contribution < 1.29 is 4.74 Å². The molecule has 0 spiro atoms. The SMILES string of the molecule is CC(C)(C)/[N+]([O-])=C/c1cccc2cn[nH]c12. The minimum absolute atomic E-state index is 0.428. The van der Waals surface area contributed by atoms with Crippen LogP contribution in [0.4, 0.5) is 0 Å². The lowest BCUT2D eigenvalue weighted by Crippen LogP contribution is -2.29. The van der Waals surface area contributed by atoms with Gasteiger partial charge in [0.15, 0.2) is 11.8 Å². The van der Waals surface area contributed by atoms with E-state index in [9.17, 15) is 5.21 Å². The van der Waals surface area contributed by atoms with Gasteiger partial charge >= 0.3 is 0 Å². The first-order valence-corrected chi connectivity index (χ1v) is 5.22. The number of benzene rings is 1. The number of hydrogen-bond donors (Lipinski definition) is 1. The molecule has 0 radical (unpaired) electrons. The van der Waals surface area contributed by atoms with E-state index in [2.05, 4.69) is 10.2 Å². The number of hydrogen-bond acceptors (Lipinski definition) is 2. The van der Waals surface area contributed by atoms with E-state index >= 15 is 0 Å². The summed E-state index contributed by atoms with van der Waals surface area (Å²) >= 11 is 0. The van der Waals surface area contributed by atoms with Crippen LogP contribution < -0.4 is 0 Å². The van der Waals surface area contributed by atoms with Gasteiger partial charge in [0.25, 0.3) is 0 Å². The molecular formula is C12H15N3O. The van der Waals surface area contributed by atoms with Crippen molar-refractivity contribution in [2.75, 3.05) is 0 Å². The number of fused-ring (bicyclic) bond motifs is 1. The number of aromatic amines is 1. The van der Waals surface area contributed by atoms with Crippen molar-refractivity contribution in [2.24, 2.45) is 0 Å². The van der Waals surface area contributed by atoms with E-state index in [1.807, 2.05) is 39.0 Å². The summed E-state index contributed by atoms with van der Waals surface area (Å²) in [6.45, 7) is 5.64. The second-order valence-electron chi connectivity index (χ2n) is 4.81. The first kappa shape index (κ1) is 10.7. The van der Waals surface area contributed by atoms with Crippen molar-refractivity contribution in [2.45, 2.75) is 26.3 Å². The van der Waals surface area contributed by atoms with E-state index < -0.39 is 5.54 Å². The minimum atomic E-state index is -0.428. The maximum atomic E-state index is 11.8. The molecule has 0 unspecified atom stereocenters. The van der Waals surface area contributed by atoms with Crippen molar-refractivity contribution in [1.82, 2.24) is 10.2 Å². The fourth-order valence-corrected chi connectivity index (χ4v) is 1.42. The van der Waals surface area contributed by atoms with Gasteiger partial charge in [0, 0.05) is 26.2 Å². The van der Waals surface area contributed by atoms with E-state index in [-0.39, 0.29) is 0 Å². The summed E-state index contributed by atoms with van der Waals surface area (Å²) in [5.74, 6) is 0. The molecule has 0 saturated heterocycles. The van der Waals surface area contributed by atoms with Gasteiger partial charge in [-0.25, -0.2) is 4.74 Å². The van der Waals surface area contributed by atoms with E-state index in [0.717, 1.165) is 21.2 Å². The molecule has 0 aliphatic rings. The van der Waals surface area contributed by atoms with Crippen LogP contribution in [0.3, 0.4) is 0 Å². The van der Waals surface area contributed by atoms with Crippen LogP contribution in [-0.4, -0.2) is 26.7 Å². The maximum Gasteiger partial charge on any atom is 0.184 e. The summed E-state index contributed by atoms with van der Waals surface area (Å²) in [5, 5.41) is 19.7. The summed E-state index contributed by atoms with van der Waals surface area (Å²) in [6.07, 6.45) is 3.35. The molecule has 1 heterocycles.